The van der Waals surface area contributed by atoms with Gasteiger partial charge in [-0.2, -0.15) is 0 Å². The molecule has 0 fully saturated rings. The molecule has 9 heteroatoms. The Labute approximate surface area is 174 Å². The molecule has 154 valence electrons. The van der Waals surface area contributed by atoms with Crippen molar-refractivity contribution in [1.82, 2.24) is 0 Å². The second kappa shape index (κ2) is 8.75. The molecule has 0 unspecified atom stereocenters. The van der Waals surface area contributed by atoms with Crippen molar-refractivity contribution in [2.75, 3.05) is 16.2 Å². The van der Waals surface area contributed by atoms with Crippen molar-refractivity contribution in [3.63, 3.8) is 0 Å². The number of carbonyl (C=O) groups is 1. The van der Waals surface area contributed by atoms with Gasteiger partial charge in [-0.25, -0.2) is 8.42 Å². The maximum absolute atomic E-state index is 13.3. The lowest BCUT2D eigenvalue weighted by molar-refractivity contribution is -0.384. The van der Waals surface area contributed by atoms with Crippen molar-refractivity contribution in [2.24, 2.45) is 0 Å². The minimum Gasteiger partial charge on any atom is -0.325 e. The van der Waals surface area contributed by atoms with Crippen LogP contribution in [0.4, 0.5) is 17.1 Å². The van der Waals surface area contributed by atoms with Gasteiger partial charge < -0.3 is 5.32 Å². The molecular weight excluding hydrogens is 406 g/mol. The van der Waals surface area contributed by atoms with E-state index < -0.39 is 27.4 Å². The molecule has 3 aromatic carbocycles. The van der Waals surface area contributed by atoms with Crippen molar-refractivity contribution >= 4 is 33.0 Å². The smallest absolute Gasteiger partial charge is 0.271 e. The number of nitro groups is 1. The zero-order valence-electron chi connectivity index (χ0n) is 16.1. The van der Waals surface area contributed by atoms with E-state index in [2.05, 4.69) is 5.32 Å². The maximum atomic E-state index is 13.3. The number of amides is 1. The largest absolute Gasteiger partial charge is 0.325 e. The fourth-order valence-corrected chi connectivity index (χ4v) is 4.18. The summed E-state index contributed by atoms with van der Waals surface area (Å²) in [7, 11) is -4.15. The first-order chi connectivity index (χ1) is 14.3. The maximum Gasteiger partial charge on any atom is 0.271 e. The van der Waals surface area contributed by atoms with Crippen LogP contribution < -0.4 is 9.62 Å². The molecule has 1 amide bonds. The summed E-state index contributed by atoms with van der Waals surface area (Å²) in [5.41, 5.74) is 1.12. The predicted octanol–water partition coefficient (Wildman–Crippen LogP) is 3.74. The summed E-state index contributed by atoms with van der Waals surface area (Å²) >= 11 is 0. The van der Waals surface area contributed by atoms with E-state index >= 15 is 0 Å². The van der Waals surface area contributed by atoms with E-state index in [1.807, 2.05) is 6.92 Å². The molecule has 0 bridgehead atoms. The number of non-ortho nitro benzene ring substituents is 1. The molecule has 3 aromatic rings. The van der Waals surface area contributed by atoms with Crippen LogP contribution in [0.2, 0.25) is 0 Å². The van der Waals surface area contributed by atoms with Crippen molar-refractivity contribution in [2.45, 2.75) is 11.8 Å². The summed E-state index contributed by atoms with van der Waals surface area (Å²) in [5, 5.41) is 13.8. The lowest BCUT2D eigenvalue weighted by atomic mass is 10.2. The third-order valence-electron chi connectivity index (χ3n) is 4.28. The number of aryl methyl sites for hydroxylation is 1. The van der Waals surface area contributed by atoms with Crippen LogP contribution in [0, 0.1) is 17.0 Å². The second-order valence-corrected chi connectivity index (χ2v) is 8.38. The number of hydrogen-bond acceptors (Lipinski definition) is 5. The summed E-state index contributed by atoms with van der Waals surface area (Å²) in [6.07, 6.45) is 0. The van der Waals surface area contributed by atoms with Gasteiger partial charge in [-0.3, -0.25) is 19.2 Å². The Morgan fingerprint density at radius 1 is 1.00 bits per heavy atom. The van der Waals surface area contributed by atoms with Gasteiger partial charge in [0.05, 0.1) is 15.5 Å². The van der Waals surface area contributed by atoms with E-state index in [-0.39, 0.29) is 16.3 Å². The van der Waals surface area contributed by atoms with Gasteiger partial charge in [0.25, 0.3) is 15.7 Å². The van der Waals surface area contributed by atoms with Crippen molar-refractivity contribution in [3.05, 3.63) is 94.5 Å². The number of sulfonamides is 1. The topological polar surface area (TPSA) is 110 Å². The lowest BCUT2D eigenvalue weighted by Gasteiger charge is -2.24. The van der Waals surface area contributed by atoms with E-state index in [4.69, 9.17) is 0 Å². The van der Waals surface area contributed by atoms with E-state index in [9.17, 15) is 23.3 Å². The van der Waals surface area contributed by atoms with Gasteiger partial charge in [-0.15, -0.1) is 0 Å². The van der Waals surface area contributed by atoms with Gasteiger partial charge in [0.15, 0.2) is 0 Å². The third kappa shape index (κ3) is 4.81. The van der Waals surface area contributed by atoms with Gasteiger partial charge in [0.2, 0.25) is 5.91 Å². The molecular formula is C21H19N3O5S. The van der Waals surface area contributed by atoms with Crippen LogP contribution in [-0.2, 0) is 14.8 Å². The summed E-state index contributed by atoms with van der Waals surface area (Å²) in [5.74, 6) is -0.580. The van der Waals surface area contributed by atoms with Crippen LogP contribution in [0.1, 0.15) is 5.56 Å². The van der Waals surface area contributed by atoms with Crippen LogP contribution in [0.3, 0.4) is 0 Å². The Morgan fingerprint density at radius 2 is 1.67 bits per heavy atom. The minimum atomic E-state index is -4.15. The molecule has 3 rings (SSSR count). The first-order valence-electron chi connectivity index (χ1n) is 8.96. The summed E-state index contributed by atoms with van der Waals surface area (Å²) < 4.78 is 27.4. The van der Waals surface area contributed by atoms with Crippen LogP contribution in [0.5, 0.6) is 0 Å². The van der Waals surface area contributed by atoms with Crippen molar-refractivity contribution in [1.29, 1.82) is 0 Å². The Morgan fingerprint density at radius 3 is 2.30 bits per heavy atom. The first-order valence-corrected chi connectivity index (χ1v) is 10.4. The zero-order valence-corrected chi connectivity index (χ0v) is 16.9. The van der Waals surface area contributed by atoms with Gasteiger partial charge in [0, 0.05) is 17.8 Å². The number of rotatable bonds is 7. The molecule has 30 heavy (non-hydrogen) atoms. The SMILES string of the molecule is Cc1ccc(S(=O)(=O)N(CC(=O)Nc2ccccc2)c2cccc([N+](=O)[O-])c2)cc1. The molecule has 0 saturated carbocycles. The number of nitrogens with zero attached hydrogens (tertiary/aromatic N) is 2. The van der Waals surface area contributed by atoms with Gasteiger partial charge in [0.1, 0.15) is 6.54 Å². The molecule has 0 aliphatic rings. The van der Waals surface area contributed by atoms with Crippen LogP contribution >= 0.6 is 0 Å². The number of benzene rings is 3. The van der Waals surface area contributed by atoms with E-state index in [1.54, 1.807) is 42.5 Å². The highest BCUT2D eigenvalue weighted by molar-refractivity contribution is 7.92. The predicted molar refractivity (Wildman–Crippen MR) is 114 cm³/mol. The fraction of sp³-hybridized carbons (Fsp3) is 0.0952. The third-order valence-corrected chi connectivity index (χ3v) is 6.07. The summed E-state index contributed by atoms with van der Waals surface area (Å²) in [6, 6.07) is 19.9. The van der Waals surface area contributed by atoms with E-state index in [0.29, 0.717) is 5.69 Å². The Kier molecular flexibility index (Phi) is 6.12. The highest BCUT2D eigenvalue weighted by Crippen LogP contribution is 2.27. The molecule has 0 aliphatic carbocycles. The van der Waals surface area contributed by atoms with E-state index in [1.165, 1.54) is 30.3 Å². The van der Waals surface area contributed by atoms with Crippen molar-refractivity contribution < 1.29 is 18.1 Å². The molecule has 0 atom stereocenters. The Balaban J connectivity index is 2.00. The second-order valence-electron chi connectivity index (χ2n) is 6.52. The minimum absolute atomic E-state index is 0.0212. The average Bonchev–Trinajstić information content (AvgIpc) is 2.73. The molecule has 0 heterocycles. The summed E-state index contributed by atoms with van der Waals surface area (Å²) in [4.78, 5) is 23.1. The zero-order chi connectivity index (χ0) is 21.7. The van der Waals surface area contributed by atoms with Crippen LogP contribution in [0.15, 0.2) is 83.8 Å². The molecule has 8 nitrogen and oxygen atoms in total. The number of nitrogens with one attached hydrogen (secondary N) is 1. The van der Waals surface area contributed by atoms with Gasteiger partial charge in [-0.05, 0) is 37.3 Å². The number of nitro benzene ring substituents is 1. The van der Waals surface area contributed by atoms with Gasteiger partial charge >= 0.3 is 0 Å². The Bertz CT molecular complexity index is 1160. The monoisotopic (exact) mass is 425 g/mol. The highest BCUT2D eigenvalue weighted by atomic mass is 32.2. The molecule has 0 aliphatic heterocycles. The number of hydrogen-bond donors (Lipinski definition) is 1. The first kappa shape index (κ1) is 21.0. The number of anilines is 2. The quantitative estimate of drug-likeness (QED) is 0.458. The van der Waals surface area contributed by atoms with Crippen LogP contribution in [-0.4, -0.2) is 25.8 Å². The number of carbonyl (C=O) groups excluding carboxylic acids is 1. The highest BCUT2D eigenvalue weighted by Gasteiger charge is 2.28. The average molecular weight is 425 g/mol. The standard InChI is InChI=1S/C21H19N3O5S/c1-16-10-12-20(13-11-16)30(28,29)23(18-8-5-9-19(14-18)24(26)27)15-21(25)22-17-6-3-2-4-7-17/h2-14H,15H2,1H3,(H,22,25). The molecule has 1 N–H and O–H groups in total. The van der Waals surface area contributed by atoms with Crippen LogP contribution in [0.25, 0.3) is 0 Å². The van der Waals surface area contributed by atoms with E-state index in [0.717, 1.165) is 15.9 Å². The Hall–Kier alpha value is -3.72. The normalized spacial score (nSPS) is 11.0. The fourth-order valence-electron chi connectivity index (χ4n) is 2.77. The lowest BCUT2D eigenvalue weighted by Crippen LogP contribution is -2.38. The number of para-hydroxylation sites is 1. The summed E-state index contributed by atoms with van der Waals surface area (Å²) in [6.45, 7) is 1.27. The molecule has 0 radical (unpaired) electrons. The molecule has 0 aromatic heterocycles. The molecule has 0 saturated heterocycles. The molecule has 0 spiro atoms. The van der Waals surface area contributed by atoms with Gasteiger partial charge in [-0.1, -0.05) is 42.0 Å². The van der Waals surface area contributed by atoms with Crippen molar-refractivity contribution in [3.8, 4) is 0 Å².